The third-order valence-corrected chi connectivity index (χ3v) is 2.42. The van der Waals surface area contributed by atoms with E-state index in [4.69, 9.17) is 0 Å². The first-order valence-corrected chi connectivity index (χ1v) is 5.20. The average molecular weight is 180 g/mol. The van der Waals surface area contributed by atoms with Crippen molar-refractivity contribution in [2.24, 2.45) is 0 Å². The zero-order chi connectivity index (χ0) is 9.84. The quantitative estimate of drug-likeness (QED) is 0.694. The Morgan fingerprint density at radius 1 is 1.38 bits per heavy atom. The Kier molecular flexibility index (Phi) is 3.52. The summed E-state index contributed by atoms with van der Waals surface area (Å²) in [7, 11) is 0. The molecule has 0 saturated carbocycles. The summed E-state index contributed by atoms with van der Waals surface area (Å²) >= 11 is 0. The van der Waals surface area contributed by atoms with E-state index in [2.05, 4.69) is 43.5 Å². The molecule has 0 bridgehead atoms. The van der Waals surface area contributed by atoms with Crippen LogP contribution in [-0.2, 0) is 0 Å². The molecule has 1 aromatic heterocycles. The van der Waals surface area contributed by atoms with E-state index in [9.17, 15) is 0 Å². The molecular formula is C11H20N2. The summed E-state index contributed by atoms with van der Waals surface area (Å²) in [5.41, 5.74) is 1.35. The van der Waals surface area contributed by atoms with Gasteiger partial charge in [-0.15, -0.1) is 0 Å². The molecule has 0 aliphatic rings. The molecule has 1 rings (SSSR count). The van der Waals surface area contributed by atoms with Gasteiger partial charge < -0.3 is 0 Å². The Morgan fingerprint density at radius 3 is 2.62 bits per heavy atom. The first-order chi connectivity index (χ1) is 6.16. The Morgan fingerprint density at radius 2 is 2.08 bits per heavy atom. The van der Waals surface area contributed by atoms with Gasteiger partial charge in [0.25, 0.3) is 0 Å². The van der Waals surface area contributed by atoms with E-state index >= 15 is 0 Å². The molecule has 0 aliphatic heterocycles. The van der Waals surface area contributed by atoms with E-state index in [0.717, 1.165) is 0 Å². The van der Waals surface area contributed by atoms with Crippen LogP contribution in [0.1, 0.15) is 58.2 Å². The number of hydrogen-bond acceptors (Lipinski definition) is 1. The van der Waals surface area contributed by atoms with Crippen LogP contribution < -0.4 is 0 Å². The van der Waals surface area contributed by atoms with Crippen LogP contribution in [0.5, 0.6) is 0 Å². The van der Waals surface area contributed by atoms with Gasteiger partial charge in [0.2, 0.25) is 0 Å². The van der Waals surface area contributed by atoms with Crippen molar-refractivity contribution in [1.82, 2.24) is 9.78 Å². The average Bonchev–Trinajstić information content (AvgIpc) is 2.52. The lowest BCUT2D eigenvalue weighted by atomic mass is 10.1. The summed E-state index contributed by atoms with van der Waals surface area (Å²) in [5, 5.41) is 4.37. The van der Waals surface area contributed by atoms with Crippen LogP contribution in [-0.4, -0.2) is 9.78 Å². The Labute approximate surface area is 81.0 Å². The molecule has 0 fully saturated rings. The summed E-state index contributed by atoms with van der Waals surface area (Å²) in [6, 6.07) is 2.66. The number of aromatic nitrogens is 2. The maximum Gasteiger partial charge on any atom is 0.0494 e. The second-order valence-electron chi connectivity index (χ2n) is 3.99. The van der Waals surface area contributed by atoms with Crippen molar-refractivity contribution in [2.75, 3.05) is 0 Å². The van der Waals surface area contributed by atoms with Gasteiger partial charge in [0.1, 0.15) is 0 Å². The van der Waals surface area contributed by atoms with Gasteiger partial charge in [-0.1, -0.05) is 27.2 Å². The topological polar surface area (TPSA) is 17.8 Å². The molecule has 74 valence electrons. The van der Waals surface area contributed by atoms with Gasteiger partial charge in [0, 0.05) is 17.9 Å². The molecule has 0 aliphatic carbocycles. The fourth-order valence-corrected chi connectivity index (χ4v) is 1.69. The molecule has 13 heavy (non-hydrogen) atoms. The zero-order valence-electron chi connectivity index (χ0n) is 9.12. The molecule has 0 amide bonds. The monoisotopic (exact) mass is 180 g/mol. The molecule has 2 nitrogen and oxygen atoms in total. The van der Waals surface area contributed by atoms with E-state index in [1.165, 1.54) is 18.5 Å². The molecule has 1 heterocycles. The smallest absolute Gasteiger partial charge is 0.0494 e. The standard InChI is InChI=1S/C11H20N2/c1-5-6-10(4)13-11(9(2)3)7-8-12-13/h7-10H,5-6H2,1-4H3. The Hall–Kier alpha value is -0.790. The van der Waals surface area contributed by atoms with E-state index in [0.29, 0.717) is 12.0 Å². The number of nitrogens with zero attached hydrogens (tertiary/aromatic N) is 2. The second-order valence-corrected chi connectivity index (χ2v) is 3.99. The van der Waals surface area contributed by atoms with Crippen molar-refractivity contribution in [3.63, 3.8) is 0 Å². The van der Waals surface area contributed by atoms with Gasteiger partial charge in [-0.3, -0.25) is 4.68 Å². The van der Waals surface area contributed by atoms with E-state index < -0.39 is 0 Å². The van der Waals surface area contributed by atoms with Crippen molar-refractivity contribution >= 4 is 0 Å². The van der Waals surface area contributed by atoms with Gasteiger partial charge in [0.15, 0.2) is 0 Å². The van der Waals surface area contributed by atoms with Crippen molar-refractivity contribution in [3.8, 4) is 0 Å². The molecule has 0 aromatic carbocycles. The molecule has 1 aromatic rings. The lowest BCUT2D eigenvalue weighted by molar-refractivity contribution is 0.433. The lowest BCUT2D eigenvalue weighted by Crippen LogP contribution is -2.11. The summed E-state index contributed by atoms with van der Waals surface area (Å²) in [5.74, 6) is 0.571. The van der Waals surface area contributed by atoms with Crippen molar-refractivity contribution in [1.29, 1.82) is 0 Å². The van der Waals surface area contributed by atoms with Gasteiger partial charge in [0.05, 0.1) is 0 Å². The van der Waals surface area contributed by atoms with Crippen LogP contribution in [0, 0.1) is 0 Å². The molecular weight excluding hydrogens is 160 g/mol. The summed E-state index contributed by atoms with van der Waals surface area (Å²) in [6.45, 7) is 8.88. The third kappa shape index (κ3) is 2.33. The van der Waals surface area contributed by atoms with Crippen LogP contribution in [0.4, 0.5) is 0 Å². The molecule has 2 heteroatoms. The van der Waals surface area contributed by atoms with Crippen LogP contribution >= 0.6 is 0 Å². The second kappa shape index (κ2) is 4.45. The van der Waals surface area contributed by atoms with Crippen LogP contribution in [0.2, 0.25) is 0 Å². The molecule has 0 radical (unpaired) electrons. The highest BCUT2D eigenvalue weighted by Crippen LogP contribution is 2.20. The van der Waals surface area contributed by atoms with E-state index in [1.807, 2.05) is 6.20 Å². The molecule has 1 atom stereocenters. The molecule has 0 saturated heterocycles. The van der Waals surface area contributed by atoms with Gasteiger partial charge >= 0.3 is 0 Å². The fraction of sp³-hybridized carbons (Fsp3) is 0.727. The minimum absolute atomic E-state index is 0.539. The maximum atomic E-state index is 4.37. The summed E-state index contributed by atoms with van der Waals surface area (Å²) in [4.78, 5) is 0. The Balaban J connectivity index is 2.80. The SMILES string of the molecule is CCCC(C)n1nccc1C(C)C. The first kappa shape index (κ1) is 10.3. The fourth-order valence-electron chi connectivity index (χ4n) is 1.69. The number of hydrogen-bond donors (Lipinski definition) is 0. The largest absolute Gasteiger partial charge is 0.267 e. The molecule has 0 N–H and O–H groups in total. The van der Waals surface area contributed by atoms with Crippen molar-refractivity contribution in [3.05, 3.63) is 18.0 Å². The summed E-state index contributed by atoms with van der Waals surface area (Å²) in [6.07, 6.45) is 4.33. The number of rotatable bonds is 4. The highest BCUT2D eigenvalue weighted by molar-refractivity contribution is 5.06. The minimum Gasteiger partial charge on any atom is -0.267 e. The third-order valence-electron chi connectivity index (χ3n) is 2.42. The minimum atomic E-state index is 0.539. The Bertz CT molecular complexity index is 250. The zero-order valence-corrected chi connectivity index (χ0v) is 9.12. The molecule has 0 spiro atoms. The normalized spacial score (nSPS) is 13.6. The predicted molar refractivity (Wildman–Crippen MR) is 55.9 cm³/mol. The molecule has 1 unspecified atom stereocenters. The van der Waals surface area contributed by atoms with E-state index in [1.54, 1.807) is 0 Å². The summed E-state index contributed by atoms with van der Waals surface area (Å²) < 4.78 is 2.16. The van der Waals surface area contributed by atoms with Crippen molar-refractivity contribution < 1.29 is 0 Å². The lowest BCUT2D eigenvalue weighted by Gasteiger charge is -2.16. The van der Waals surface area contributed by atoms with Gasteiger partial charge in [-0.25, -0.2) is 0 Å². The van der Waals surface area contributed by atoms with Gasteiger partial charge in [-0.05, 0) is 25.3 Å². The van der Waals surface area contributed by atoms with Crippen LogP contribution in [0.3, 0.4) is 0 Å². The van der Waals surface area contributed by atoms with Crippen LogP contribution in [0.15, 0.2) is 12.3 Å². The highest BCUT2D eigenvalue weighted by Gasteiger charge is 2.11. The highest BCUT2D eigenvalue weighted by atomic mass is 15.3. The first-order valence-electron chi connectivity index (χ1n) is 5.20. The maximum absolute atomic E-state index is 4.37. The van der Waals surface area contributed by atoms with Crippen molar-refractivity contribution in [2.45, 2.75) is 52.5 Å². The van der Waals surface area contributed by atoms with E-state index in [-0.39, 0.29) is 0 Å². The van der Waals surface area contributed by atoms with Gasteiger partial charge in [-0.2, -0.15) is 5.10 Å². The van der Waals surface area contributed by atoms with Crippen LogP contribution in [0.25, 0.3) is 0 Å². The predicted octanol–water partition coefficient (Wildman–Crippen LogP) is 3.37.